The molecule has 1 aromatic carbocycles. The molecule has 1 fully saturated rings. The molecule has 2 nitrogen and oxygen atoms in total. The lowest BCUT2D eigenvalue weighted by atomic mass is 9.75. The van der Waals surface area contributed by atoms with Crippen LogP contribution in [0.5, 0.6) is 0 Å². The van der Waals surface area contributed by atoms with Crippen molar-refractivity contribution in [2.75, 3.05) is 11.9 Å². The van der Waals surface area contributed by atoms with Crippen LogP contribution in [0.1, 0.15) is 44.6 Å². The maximum atomic E-state index is 6.05. The van der Waals surface area contributed by atoms with E-state index in [1.54, 1.807) is 0 Å². The summed E-state index contributed by atoms with van der Waals surface area (Å²) in [4.78, 5) is 0.410. The van der Waals surface area contributed by atoms with Gasteiger partial charge in [-0.15, -0.1) is 0 Å². The first-order valence-corrected chi connectivity index (χ1v) is 7.62. The largest absolute Gasteiger partial charge is 0.389 e. The van der Waals surface area contributed by atoms with Gasteiger partial charge in [0.25, 0.3) is 0 Å². The Labute approximate surface area is 125 Å². The van der Waals surface area contributed by atoms with Gasteiger partial charge in [0.05, 0.1) is 0 Å². The zero-order chi connectivity index (χ0) is 13.9. The fourth-order valence-corrected chi connectivity index (χ4v) is 3.12. The summed E-state index contributed by atoms with van der Waals surface area (Å²) in [5.41, 5.74) is 7.95. The van der Waals surface area contributed by atoms with Gasteiger partial charge in [0, 0.05) is 22.8 Å². The minimum absolute atomic E-state index is 0.369. The van der Waals surface area contributed by atoms with E-state index in [1.807, 2.05) is 18.2 Å². The summed E-state index contributed by atoms with van der Waals surface area (Å²) >= 11 is 11.1. The normalized spacial score (nSPS) is 18.0. The van der Waals surface area contributed by atoms with Crippen molar-refractivity contribution in [3.05, 3.63) is 28.8 Å². The van der Waals surface area contributed by atoms with Gasteiger partial charge in [-0.2, -0.15) is 0 Å². The van der Waals surface area contributed by atoms with Gasteiger partial charge in [-0.1, -0.05) is 50.0 Å². The molecule has 0 heterocycles. The SMILES string of the molecule is CC1(CNc2cc(Cl)ccc2C(N)=S)CCCCC1. The van der Waals surface area contributed by atoms with Crippen LogP contribution in [-0.4, -0.2) is 11.5 Å². The van der Waals surface area contributed by atoms with Crippen LogP contribution >= 0.6 is 23.8 Å². The third-order valence-electron chi connectivity index (χ3n) is 4.01. The summed E-state index contributed by atoms with van der Waals surface area (Å²) in [5.74, 6) is 0. The maximum absolute atomic E-state index is 6.05. The smallest absolute Gasteiger partial charge is 0.106 e. The van der Waals surface area contributed by atoms with Crippen LogP contribution < -0.4 is 11.1 Å². The minimum atomic E-state index is 0.369. The van der Waals surface area contributed by atoms with E-state index in [0.717, 1.165) is 17.8 Å². The van der Waals surface area contributed by atoms with Crippen LogP contribution in [0.2, 0.25) is 5.02 Å². The number of halogens is 1. The summed E-state index contributed by atoms with van der Waals surface area (Å²) in [6.45, 7) is 3.30. The molecule has 1 aliphatic carbocycles. The zero-order valence-electron chi connectivity index (χ0n) is 11.3. The van der Waals surface area contributed by atoms with Crippen molar-refractivity contribution < 1.29 is 0 Å². The van der Waals surface area contributed by atoms with E-state index in [9.17, 15) is 0 Å². The highest BCUT2D eigenvalue weighted by Gasteiger charge is 2.26. The van der Waals surface area contributed by atoms with Gasteiger partial charge in [-0.25, -0.2) is 0 Å². The first-order valence-electron chi connectivity index (χ1n) is 6.83. The molecule has 0 saturated heterocycles. The van der Waals surface area contributed by atoms with Gasteiger partial charge in [0.1, 0.15) is 4.99 Å². The molecule has 0 unspecified atom stereocenters. The standard InChI is InChI=1S/C15H21ClN2S/c1-15(7-3-2-4-8-15)10-18-13-9-11(16)5-6-12(13)14(17)19/h5-6,9,18H,2-4,7-8,10H2,1H3,(H2,17,19). The lowest BCUT2D eigenvalue weighted by Gasteiger charge is -2.34. The first kappa shape index (κ1) is 14.6. The minimum Gasteiger partial charge on any atom is -0.389 e. The lowest BCUT2D eigenvalue weighted by molar-refractivity contribution is 0.233. The van der Waals surface area contributed by atoms with Crippen molar-refractivity contribution in [3.63, 3.8) is 0 Å². The molecule has 2 rings (SSSR count). The highest BCUT2D eigenvalue weighted by atomic mass is 35.5. The number of benzene rings is 1. The topological polar surface area (TPSA) is 38.0 Å². The molecule has 0 aliphatic heterocycles. The predicted octanol–water partition coefficient (Wildman–Crippen LogP) is 4.36. The molecule has 1 aromatic rings. The maximum Gasteiger partial charge on any atom is 0.106 e. The van der Waals surface area contributed by atoms with Crippen molar-refractivity contribution in [2.45, 2.75) is 39.0 Å². The monoisotopic (exact) mass is 296 g/mol. The summed E-state index contributed by atoms with van der Waals surface area (Å²) in [7, 11) is 0. The number of hydrogen-bond acceptors (Lipinski definition) is 2. The second-order valence-corrected chi connectivity index (χ2v) is 6.66. The molecule has 4 heteroatoms. The lowest BCUT2D eigenvalue weighted by Crippen LogP contribution is -2.29. The van der Waals surface area contributed by atoms with Gasteiger partial charge in [-0.3, -0.25) is 0 Å². The number of thiocarbonyl (C=S) groups is 1. The van der Waals surface area contributed by atoms with Crippen molar-refractivity contribution in [2.24, 2.45) is 11.1 Å². The number of anilines is 1. The molecular formula is C15H21ClN2S. The van der Waals surface area contributed by atoms with Crippen LogP contribution in [0.4, 0.5) is 5.69 Å². The van der Waals surface area contributed by atoms with Crippen LogP contribution in [0.25, 0.3) is 0 Å². The second kappa shape index (κ2) is 6.10. The number of nitrogens with one attached hydrogen (secondary N) is 1. The van der Waals surface area contributed by atoms with E-state index in [2.05, 4.69) is 12.2 Å². The first-order chi connectivity index (χ1) is 9.00. The van der Waals surface area contributed by atoms with Crippen molar-refractivity contribution in [1.29, 1.82) is 0 Å². The summed E-state index contributed by atoms with van der Waals surface area (Å²) in [6.07, 6.45) is 6.59. The third-order valence-corrected chi connectivity index (χ3v) is 4.47. The van der Waals surface area contributed by atoms with E-state index in [0.29, 0.717) is 15.4 Å². The molecule has 1 aliphatic rings. The Morgan fingerprint density at radius 2 is 2.05 bits per heavy atom. The molecule has 3 N–H and O–H groups in total. The van der Waals surface area contributed by atoms with E-state index in [4.69, 9.17) is 29.6 Å². The fraction of sp³-hybridized carbons (Fsp3) is 0.533. The van der Waals surface area contributed by atoms with E-state index >= 15 is 0 Å². The van der Waals surface area contributed by atoms with Crippen molar-refractivity contribution >= 4 is 34.5 Å². The molecule has 19 heavy (non-hydrogen) atoms. The zero-order valence-corrected chi connectivity index (χ0v) is 12.9. The summed E-state index contributed by atoms with van der Waals surface area (Å²) < 4.78 is 0. The average Bonchev–Trinajstić information content (AvgIpc) is 2.37. The Morgan fingerprint density at radius 1 is 1.37 bits per heavy atom. The molecule has 0 amide bonds. The van der Waals surface area contributed by atoms with Crippen LogP contribution in [0.3, 0.4) is 0 Å². The van der Waals surface area contributed by atoms with Crippen molar-refractivity contribution in [3.8, 4) is 0 Å². The van der Waals surface area contributed by atoms with Crippen LogP contribution in [0.15, 0.2) is 18.2 Å². The summed E-state index contributed by atoms with van der Waals surface area (Å²) in [6, 6.07) is 5.61. The van der Waals surface area contributed by atoms with Crippen LogP contribution in [-0.2, 0) is 0 Å². The van der Waals surface area contributed by atoms with E-state index < -0.39 is 0 Å². The predicted molar refractivity (Wildman–Crippen MR) is 87.0 cm³/mol. The highest BCUT2D eigenvalue weighted by molar-refractivity contribution is 7.80. The van der Waals surface area contributed by atoms with Crippen LogP contribution in [0, 0.1) is 5.41 Å². The quantitative estimate of drug-likeness (QED) is 0.811. The molecule has 1 saturated carbocycles. The Bertz CT molecular complexity index is 467. The van der Waals surface area contributed by atoms with Gasteiger partial charge in [0.15, 0.2) is 0 Å². The van der Waals surface area contributed by atoms with Gasteiger partial charge >= 0.3 is 0 Å². The highest BCUT2D eigenvalue weighted by Crippen LogP contribution is 2.36. The Kier molecular flexibility index (Phi) is 4.69. The second-order valence-electron chi connectivity index (χ2n) is 5.78. The number of hydrogen-bond donors (Lipinski definition) is 2. The van der Waals surface area contributed by atoms with Gasteiger partial charge in [-0.05, 0) is 36.5 Å². The molecule has 0 radical (unpaired) electrons. The van der Waals surface area contributed by atoms with Crippen molar-refractivity contribution in [1.82, 2.24) is 0 Å². The Balaban J connectivity index is 2.10. The average molecular weight is 297 g/mol. The van der Waals surface area contributed by atoms with Gasteiger partial charge < -0.3 is 11.1 Å². The number of nitrogens with two attached hydrogens (primary N) is 1. The fourth-order valence-electron chi connectivity index (χ4n) is 2.77. The third kappa shape index (κ3) is 3.83. The molecular weight excluding hydrogens is 276 g/mol. The molecule has 0 bridgehead atoms. The molecule has 0 atom stereocenters. The van der Waals surface area contributed by atoms with E-state index in [-0.39, 0.29) is 0 Å². The van der Waals surface area contributed by atoms with Gasteiger partial charge in [0.2, 0.25) is 0 Å². The number of rotatable bonds is 4. The van der Waals surface area contributed by atoms with E-state index in [1.165, 1.54) is 32.1 Å². The molecule has 104 valence electrons. The molecule has 0 aromatic heterocycles. The molecule has 0 spiro atoms. The summed E-state index contributed by atoms with van der Waals surface area (Å²) in [5, 5.41) is 4.20. The Morgan fingerprint density at radius 3 is 2.68 bits per heavy atom. The Hall–Kier alpha value is -0.800.